The van der Waals surface area contributed by atoms with Gasteiger partial charge in [-0.15, -0.1) is 0 Å². The fourth-order valence-electron chi connectivity index (χ4n) is 2.13. The number of hydrogen-bond acceptors (Lipinski definition) is 2. The zero-order chi connectivity index (χ0) is 12.4. The topological polar surface area (TPSA) is 24.6 Å². The lowest BCUT2D eigenvalue weighted by molar-refractivity contribution is 0.385. The molecule has 92 valence electrons. The van der Waals surface area contributed by atoms with E-state index in [1.165, 1.54) is 11.1 Å². The lowest BCUT2D eigenvalue weighted by Gasteiger charge is -2.18. The number of epoxide rings is 1. The first-order valence-electron chi connectivity index (χ1n) is 6.33. The van der Waals surface area contributed by atoms with Crippen LogP contribution in [0.1, 0.15) is 17.2 Å². The number of anilines is 1. The Hall–Kier alpha value is -1.80. The van der Waals surface area contributed by atoms with Crippen LogP contribution in [0.5, 0.6) is 0 Å². The van der Waals surface area contributed by atoms with E-state index < -0.39 is 0 Å². The Morgan fingerprint density at radius 1 is 1.06 bits per heavy atom. The summed E-state index contributed by atoms with van der Waals surface area (Å²) in [4.78, 5) is 0. The molecule has 3 rings (SSSR count). The minimum Gasteiger partial charge on any atom is -0.376 e. The van der Waals surface area contributed by atoms with Crippen molar-refractivity contribution in [2.45, 2.75) is 19.1 Å². The number of nitrogens with one attached hydrogen (secondary N) is 1. The zero-order valence-electron chi connectivity index (χ0n) is 10.5. The van der Waals surface area contributed by atoms with E-state index in [-0.39, 0.29) is 6.04 Å². The number of rotatable bonds is 4. The summed E-state index contributed by atoms with van der Waals surface area (Å²) < 4.78 is 5.46. The van der Waals surface area contributed by atoms with Gasteiger partial charge >= 0.3 is 0 Å². The quantitative estimate of drug-likeness (QED) is 0.825. The van der Waals surface area contributed by atoms with Crippen molar-refractivity contribution < 1.29 is 4.74 Å². The number of benzene rings is 2. The summed E-state index contributed by atoms with van der Waals surface area (Å²) in [6, 6.07) is 19.2. The Morgan fingerprint density at radius 2 is 1.72 bits per heavy atom. The summed E-state index contributed by atoms with van der Waals surface area (Å²) in [6.45, 7) is 2.95. The van der Waals surface area contributed by atoms with Gasteiger partial charge in [0.05, 0.1) is 12.6 Å². The summed E-state index contributed by atoms with van der Waals surface area (Å²) in [5.74, 6) is 0. The average Bonchev–Trinajstić information content (AvgIpc) is 3.23. The van der Waals surface area contributed by atoms with Gasteiger partial charge in [-0.05, 0) is 24.6 Å². The molecule has 1 aliphatic rings. The Balaban J connectivity index is 1.81. The molecule has 0 bridgehead atoms. The van der Waals surface area contributed by atoms with E-state index in [0.717, 1.165) is 12.3 Å². The third kappa shape index (κ3) is 2.54. The van der Waals surface area contributed by atoms with Crippen LogP contribution in [-0.4, -0.2) is 12.7 Å². The lowest BCUT2D eigenvalue weighted by atomic mass is 10.0. The molecule has 0 unspecified atom stereocenters. The van der Waals surface area contributed by atoms with E-state index in [0.29, 0.717) is 6.10 Å². The van der Waals surface area contributed by atoms with Crippen molar-refractivity contribution in [2.24, 2.45) is 0 Å². The van der Waals surface area contributed by atoms with E-state index in [2.05, 4.69) is 60.8 Å². The highest BCUT2D eigenvalue weighted by Crippen LogP contribution is 2.31. The van der Waals surface area contributed by atoms with Gasteiger partial charge in [0.2, 0.25) is 0 Å². The van der Waals surface area contributed by atoms with E-state index in [1.807, 2.05) is 6.07 Å². The van der Waals surface area contributed by atoms with Gasteiger partial charge in [-0.25, -0.2) is 0 Å². The molecule has 0 aromatic heterocycles. The third-order valence-corrected chi connectivity index (χ3v) is 3.26. The maximum atomic E-state index is 5.46. The minimum absolute atomic E-state index is 0.244. The molecule has 0 saturated carbocycles. The van der Waals surface area contributed by atoms with E-state index in [4.69, 9.17) is 4.74 Å². The number of ether oxygens (including phenoxy) is 1. The maximum absolute atomic E-state index is 5.46. The summed E-state index contributed by atoms with van der Waals surface area (Å²) in [7, 11) is 0. The Labute approximate surface area is 108 Å². The van der Waals surface area contributed by atoms with Crippen LogP contribution in [0.2, 0.25) is 0 Å². The average molecular weight is 239 g/mol. The molecule has 0 amide bonds. The minimum atomic E-state index is 0.244. The van der Waals surface area contributed by atoms with E-state index >= 15 is 0 Å². The molecule has 0 radical (unpaired) electrons. The van der Waals surface area contributed by atoms with Crippen molar-refractivity contribution in [1.82, 2.24) is 0 Å². The first kappa shape index (κ1) is 11.3. The highest BCUT2D eigenvalue weighted by Gasteiger charge is 2.33. The summed E-state index contributed by atoms with van der Waals surface area (Å²) in [5.41, 5.74) is 3.70. The van der Waals surface area contributed by atoms with Gasteiger partial charge in [-0.1, -0.05) is 48.0 Å². The number of aryl methyl sites for hydroxylation is 1. The fourth-order valence-corrected chi connectivity index (χ4v) is 2.13. The predicted molar refractivity (Wildman–Crippen MR) is 73.7 cm³/mol. The largest absolute Gasteiger partial charge is 0.376 e. The fraction of sp³-hybridized carbons (Fsp3) is 0.250. The second kappa shape index (κ2) is 4.83. The van der Waals surface area contributed by atoms with Crippen LogP contribution in [0.4, 0.5) is 5.69 Å². The molecule has 2 atom stereocenters. The van der Waals surface area contributed by atoms with Gasteiger partial charge in [0.15, 0.2) is 0 Å². The second-order valence-electron chi connectivity index (χ2n) is 4.77. The molecule has 18 heavy (non-hydrogen) atoms. The Bertz CT molecular complexity index is 502. The van der Waals surface area contributed by atoms with Crippen LogP contribution >= 0.6 is 0 Å². The van der Waals surface area contributed by atoms with Crippen LogP contribution in [0, 0.1) is 6.92 Å². The van der Waals surface area contributed by atoms with Gasteiger partial charge in [0, 0.05) is 5.69 Å². The second-order valence-corrected chi connectivity index (χ2v) is 4.77. The van der Waals surface area contributed by atoms with Gasteiger partial charge in [-0.2, -0.15) is 0 Å². The molecule has 2 aromatic carbocycles. The normalized spacial score (nSPS) is 19.3. The van der Waals surface area contributed by atoms with Gasteiger partial charge in [0.25, 0.3) is 0 Å². The van der Waals surface area contributed by atoms with Crippen molar-refractivity contribution in [3.05, 3.63) is 65.7 Å². The Kier molecular flexibility index (Phi) is 3.03. The predicted octanol–water partition coefficient (Wildman–Crippen LogP) is 3.55. The highest BCUT2D eigenvalue weighted by atomic mass is 16.6. The van der Waals surface area contributed by atoms with Gasteiger partial charge < -0.3 is 10.1 Å². The standard InChI is InChI=1S/C16H17NO/c1-12-7-9-14(10-8-12)17-16(15-11-18-15)13-5-3-2-4-6-13/h2-10,15-17H,11H2,1H3/t15-,16+/m0/s1. The molecule has 2 aromatic rings. The van der Waals surface area contributed by atoms with Crippen LogP contribution in [0.15, 0.2) is 54.6 Å². The maximum Gasteiger partial charge on any atom is 0.105 e. The van der Waals surface area contributed by atoms with Crippen LogP contribution < -0.4 is 5.32 Å². The monoisotopic (exact) mass is 239 g/mol. The Morgan fingerprint density at radius 3 is 2.33 bits per heavy atom. The molecule has 0 spiro atoms. The number of hydrogen-bond donors (Lipinski definition) is 1. The zero-order valence-corrected chi connectivity index (χ0v) is 10.5. The highest BCUT2D eigenvalue weighted by molar-refractivity contribution is 5.47. The van der Waals surface area contributed by atoms with Crippen LogP contribution in [-0.2, 0) is 4.74 Å². The molecular weight excluding hydrogens is 222 g/mol. The summed E-state index contributed by atoms with van der Waals surface area (Å²) >= 11 is 0. The first-order valence-corrected chi connectivity index (χ1v) is 6.33. The molecule has 1 N–H and O–H groups in total. The smallest absolute Gasteiger partial charge is 0.105 e. The SMILES string of the molecule is Cc1ccc(N[C@H](c2ccccc2)[C@@H]2CO2)cc1. The van der Waals surface area contributed by atoms with E-state index in [9.17, 15) is 0 Å². The van der Waals surface area contributed by atoms with Crippen molar-refractivity contribution >= 4 is 5.69 Å². The molecular formula is C16H17NO. The molecule has 1 heterocycles. The van der Waals surface area contributed by atoms with Gasteiger partial charge in [0.1, 0.15) is 6.10 Å². The van der Waals surface area contributed by atoms with Crippen molar-refractivity contribution in [3.63, 3.8) is 0 Å². The third-order valence-electron chi connectivity index (χ3n) is 3.26. The van der Waals surface area contributed by atoms with Crippen LogP contribution in [0.25, 0.3) is 0 Å². The first-order chi connectivity index (χ1) is 8.83. The van der Waals surface area contributed by atoms with Crippen LogP contribution in [0.3, 0.4) is 0 Å². The van der Waals surface area contributed by atoms with Crippen molar-refractivity contribution in [1.29, 1.82) is 0 Å². The molecule has 1 aliphatic heterocycles. The van der Waals surface area contributed by atoms with Crippen molar-refractivity contribution in [2.75, 3.05) is 11.9 Å². The molecule has 1 fully saturated rings. The summed E-state index contributed by atoms with van der Waals surface area (Å²) in [6.07, 6.45) is 0.300. The van der Waals surface area contributed by atoms with Crippen molar-refractivity contribution in [3.8, 4) is 0 Å². The molecule has 2 nitrogen and oxygen atoms in total. The van der Waals surface area contributed by atoms with E-state index in [1.54, 1.807) is 0 Å². The summed E-state index contributed by atoms with van der Waals surface area (Å²) in [5, 5.41) is 3.56. The lowest BCUT2D eigenvalue weighted by Crippen LogP contribution is -2.16. The van der Waals surface area contributed by atoms with Gasteiger partial charge in [-0.3, -0.25) is 0 Å². The molecule has 0 aliphatic carbocycles. The molecule has 2 heteroatoms. The molecule has 1 saturated heterocycles.